The molecule has 4 heterocycles. The lowest BCUT2D eigenvalue weighted by atomic mass is 10.1. The summed E-state index contributed by atoms with van der Waals surface area (Å²) in [5.41, 5.74) is 8.63. The Bertz CT molecular complexity index is 1300. The number of nitrogens with two attached hydrogens (primary N) is 1. The molecular weight excluding hydrogens is 433 g/mol. The number of benzene rings is 1. The maximum Gasteiger partial charge on any atom is 0.408 e. The van der Waals surface area contributed by atoms with Gasteiger partial charge in [-0.25, -0.2) is 4.98 Å². The molecule has 1 saturated heterocycles. The molecule has 172 valence electrons. The minimum atomic E-state index is -4.44. The molecule has 2 N–H and O–H groups in total. The molecule has 4 aromatic rings. The second kappa shape index (κ2) is 8.36. The third-order valence-electron chi connectivity index (χ3n) is 6.01. The van der Waals surface area contributed by atoms with E-state index in [1.165, 1.54) is 17.2 Å². The Kier molecular flexibility index (Phi) is 5.51. The van der Waals surface area contributed by atoms with Gasteiger partial charge in [-0.3, -0.25) is 9.30 Å². The summed E-state index contributed by atoms with van der Waals surface area (Å²) in [6, 6.07) is 10.5. The Morgan fingerprint density at radius 2 is 2.00 bits per heavy atom. The molecule has 0 spiro atoms. The van der Waals surface area contributed by atoms with Crippen LogP contribution in [0.3, 0.4) is 0 Å². The second-order valence-corrected chi connectivity index (χ2v) is 8.32. The van der Waals surface area contributed by atoms with Gasteiger partial charge < -0.3 is 10.5 Å². The normalized spacial score (nSPS) is 18.4. The topological polar surface area (TPSA) is 81.6 Å². The molecule has 2 atom stereocenters. The second-order valence-electron chi connectivity index (χ2n) is 8.32. The zero-order valence-electron chi connectivity index (χ0n) is 18.0. The van der Waals surface area contributed by atoms with E-state index in [0.29, 0.717) is 36.7 Å². The van der Waals surface area contributed by atoms with Crippen molar-refractivity contribution in [3.05, 3.63) is 59.8 Å². The molecule has 1 unspecified atom stereocenters. The van der Waals surface area contributed by atoms with E-state index in [1.807, 2.05) is 24.3 Å². The highest BCUT2D eigenvalue weighted by Crippen LogP contribution is 2.39. The number of methoxy groups -OCH3 is 1. The van der Waals surface area contributed by atoms with E-state index >= 15 is 0 Å². The summed E-state index contributed by atoms with van der Waals surface area (Å²) in [5.74, 6) is 0.375. The summed E-state index contributed by atoms with van der Waals surface area (Å²) >= 11 is 0. The highest BCUT2D eigenvalue weighted by Gasteiger charge is 2.46. The van der Waals surface area contributed by atoms with Crippen molar-refractivity contribution in [3.63, 3.8) is 0 Å². The van der Waals surface area contributed by atoms with Crippen LogP contribution in [-0.4, -0.2) is 56.9 Å². The van der Waals surface area contributed by atoms with Crippen LogP contribution in [0.2, 0.25) is 0 Å². The predicted molar refractivity (Wildman–Crippen MR) is 117 cm³/mol. The number of halogens is 3. The van der Waals surface area contributed by atoms with E-state index in [4.69, 9.17) is 15.5 Å². The molecule has 0 aliphatic carbocycles. The molecule has 10 heteroatoms. The van der Waals surface area contributed by atoms with Crippen molar-refractivity contribution in [3.8, 4) is 11.5 Å². The van der Waals surface area contributed by atoms with Crippen molar-refractivity contribution in [2.45, 2.75) is 31.3 Å². The van der Waals surface area contributed by atoms with Gasteiger partial charge in [0.25, 0.3) is 0 Å². The van der Waals surface area contributed by atoms with Gasteiger partial charge in [0.2, 0.25) is 0 Å². The predicted octanol–water partition coefficient (Wildman–Crippen LogP) is 3.73. The molecule has 0 bridgehead atoms. The fourth-order valence-electron chi connectivity index (χ4n) is 4.51. The summed E-state index contributed by atoms with van der Waals surface area (Å²) in [6.07, 6.45) is -2.45. The van der Waals surface area contributed by atoms with Gasteiger partial charge in [0.15, 0.2) is 11.5 Å². The van der Waals surface area contributed by atoms with Gasteiger partial charge in [0, 0.05) is 43.4 Å². The van der Waals surface area contributed by atoms with Crippen LogP contribution < -0.4 is 5.73 Å². The maximum atomic E-state index is 14.1. The van der Waals surface area contributed by atoms with E-state index in [9.17, 15) is 13.2 Å². The van der Waals surface area contributed by atoms with Gasteiger partial charge in [-0.15, -0.1) is 10.2 Å². The number of hydrogen-bond acceptors (Lipinski definition) is 6. The lowest BCUT2D eigenvalue weighted by molar-refractivity contribution is -0.183. The Hall–Kier alpha value is -3.08. The van der Waals surface area contributed by atoms with Crippen molar-refractivity contribution < 1.29 is 17.9 Å². The van der Waals surface area contributed by atoms with Crippen molar-refractivity contribution in [2.24, 2.45) is 5.73 Å². The average Bonchev–Trinajstić information content (AvgIpc) is 3.39. The number of alkyl halides is 3. The Labute approximate surface area is 188 Å². The lowest BCUT2D eigenvalue weighted by Gasteiger charge is -2.30. The van der Waals surface area contributed by atoms with E-state index in [1.54, 1.807) is 23.6 Å². The number of ether oxygens (including phenoxy) is 1. The van der Waals surface area contributed by atoms with Gasteiger partial charge in [0.1, 0.15) is 11.7 Å². The summed E-state index contributed by atoms with van der Waals surface area (Å²) in [6.45, 7) is 0.891. The van der Waals surface area contributed by atoms with Gasteiger partial charge in [-0.2, -0.15) is 13.2 Å². The molecule has 1 aromatic carbocycles. The van der Waals surface area contributed by atoms with E-state index in [-0.39, 0.29) is 18.2 Å². The minimum absolute atomic E-state index is 0.117. The van der Waals surface area contributed by atoms with Gasteiger partial charge in [-0.1, -0.05) is 30.3 Å². The van der Waals surface area contributed by atoms with Crippen LogP contribution in [0.25, 0.3) is 28.1 Å². The Morgan fingerprint density at radius 1 is 1.15 bits per heavy atom. The van der Waals surface area contributed by atoms with Crippen LogP contribution in [0.5, 0.6) is 0 Å². The summed E-state index contributed by atoms with van der Waals surface area (Å²) < 4.78 is 49.1. The average molecular weight is 456 g/mol. The van der Waals surface area contributed by atoms with E-state index < -0.39 is 12.2 Å². The van der Waals surface area contributed by atoms with Crippen LogP contribution >= 0.6 is 0 Å². The fraction of sp³-hybridized carbons (Fsp3) is 0.348. The third kappa shape index (κ3) is 4.05. The number of hydrogen-bond donors (Lipinski definition) is 1. The molecule has 3 aromatic heterocycles. The molecule has 7 nitrogen and oxygen atoms in total. The zero-order chi connectivity index (χ0) is 23.2. The van der Waals surface area contributed by atoms with E-state index in [0.717, 1.165) is 16.5 Å². The fourth-order valence-corrected chi connectivity index (χ4v) is 4.51. The highest BCUT2D eigenvalue weighted by atomic mass is 19.4. The van der Waals surface area contributed by atoms with Crippen LogP contribution in [0.4, 0.5) is 13.2 Å². The summed E-state index contributed by atoms with van der Waals surface area (Å²) in [4.78, 5) is 6.13. The Morgan fingerprint density at radius 3 is 2.73 bits per heavy atom. The summed E-state index contributed by atoms with van der Waals surface area (Å²) in [7, 11) is 1.61. The van der Waals surface area contributed by atoms with Crippen LogP contribution in [-0.2, 0) is 11.3 Å². The molecule has 0 saturated carbocycles. The molecule has 1 aliphatic heterocycles. The van der Waals surface area contributed by atoms with Crippen LogP contribution in [0.15, 0.2) is 48.7 Å². The molecule has 1 fully saturated rings. The largest absolute Gasteiger partial charge is 0.408 e. The van der Waals surface area contributed by atoms with Gasteiger partial charge >= 0.3 is 6.18 Å². The number of rotatable bonds is 5. The highest BCUT2D eigenvalue weighted by molar-refractivity contribution is 5.83. The number of pyridine rings is 2. The minimum Gasteiger partial charge on any atom is -0.380 e. The molecular formula is C23H23F3N6O. The van der Waals surface area contributed by atoms with Crippen LogP contribution in [0, 0.1) is 0 Å². The van der Waals surface area contributed by atoms with Crippen LogP contribution in [0.1, 0.15) is 23.6 Å². The monoisotopic (exact) mass is 456 g/mol. The Balaban J connectivity index is 1.61. The van der Waals surface area contributed by atoms with Crippen molar-refractivity contribution >= 4 is 16.6 Å². The van der Waals surface area contributed by atoms with Gasteiger partial charge in [0.05, 0.1) is 12.1 Å². The SMILES string of the molecule is COCc1cccc2ccc(-c3nnc4ccc([C@@H](N5CCC(N)C5)C(F)(F)F)cn34)nc12. The quantitative estimate of drug-likeness (QED) is 0.493. The number of likely N-dealkylation sites (tertiary alicyclic amines) is 1. The number of aromatic nitrogens is 4. The standard InChI is InChI=1S/C23H23F3N6O/c1-33-13-16-4-2-3-14-5-7-18(28-20(14)16)22-30-29-19-8-6-15(11-32(19)22)21(23(24,25)26)31-10-9-17(27)12-31/h2-8,11,17,21H,9-10,12-13,27H2,1H3/t17?,21-/m1/s1. The lowest BCUT2D eigenvalue weighted by Crippen LogP contribution is -2.38. The van der Waals surface area contributed by atoms with Crippen molar-refractivity contribution in [2.75, 3.05) is 20.2 Å². The van der Waals surface area contributed by atoms with Crippen molar-refractivity contribution in [1.29, 1.82) is 0 Å². The molecule has 33 heavy (non-hydrogen) atoms. The first-order valence-corrected chi connectivity index (χ1v) is 10.6. The number of para-hydroxylation sites is 1. The smallest absolute Gasteiger partial charge is 0.380 e. The molecule has 5 rings (SSSR count). The number of nitrogens with zero attached hydrogens (tertiary/aromatic N) is 5. The first kappa shape index (κ1) is 21.7. The maximum absolute atomic E-state index is 14.1. The number of fused-ring (bicyclic) bond motifs is 2. The molecule has 0 amide bonds. The van der Waals surface area contributed by atoms with Crippen molar-refractivity contribution in [1.82, 2.24) is 24.5 Å². The zero-order valence-corrected chi connectivity index (χ0v) is 18.0. The van der Waals surface area contributed by atoms with E-state index in [2.05, 4.69) is 10.2 Å². The molecule has 0 radical (unpaired) electrons. The molecule has 1 aliphatic rings. The first-order chi connectivity index (χ1) is 15.8. The van der Waals surface area contributed by atoms with Gasteiger partial charge in [-0.05, 0) is 24.1 Å². The summed E-state index contributed by atoms with van der Waals surface area (Å²) in [5, 5.41) is 9.30. The first-order valence-electron chi connectivity index (χ1n) is 10.6. The third-order valence-corrected chi connectivity index (χ3v) is 6.01.